The van der Waals surface area contributed by atoms with Gasteiger partial charge in [0, 0.05) is 42.2 Å². The number of rotatable bonds is 3. The zero-order valence-electron chi connectivity index (χ0n) is 12.0. The average Bonchev–Trinajstić information content (AvgIpc) is 2.51. The van der Waals surface area contributed by atoms with Gasteiger partial charge in [0.25, 0.3) is 0 Å². The molecule has 112 valence electrons. The standard InChI is InChI=1S/C15H22F2N2S/c1-15(2)3-4-19(5-6-20-15)14(10-18)11-7-12(16)9-13(17)8-11/h7-9,14H,3-6,10,18H2,1-2H3. The number of hydrogen-bond acceptors (Lipinski definition) is 3. The molecule has 1 aromatic carbocycles. The molecule has 1 unspecified atom stereocenters. The van der Waals surface area contributed by atoms with Crippen LogP contribution in [0.3, 0.4) is 0 Å². The van der Waals surface area contributed by atoms with Gasteiger partial charge in [0.1, 0.15) is 11.6 Å². The van der Waals surface area contributed by atoms with Crippen molar-refractivity contribution >= 4 is 11.8 Å². The molecule has 1 fully saturated rings. The van der Waals surface area contributed by atoms with Crippen LogP contribution in [0.2, 0.25) is 0 Å². The van der Waals surface area contributed by atoms with Gasteiger partial charge in [-0.25, -0.2) is 8.78 Å². The lowest BCUT2D eigenvalue weighted by atomic mass is 10.0. The molecule has 1 saturated heterocycles. The van der Waals surface area contributed by atoms with Crippen molar-refractivity contribution in [2.75, 3.05) is 25.4 Å². The van der Waals surface area contributed by atoms with E-state index < -0.39 is 11.6 Å². The van der Waals surface area contributed by atoms with Gasteiger partial charge in [-0.2, -0.15) is 11.8 Å². The molecular weight excluding hydrogens is 278 g/mol. The van der Waals surface area contributed by atoms with E-state index in [4.69, 9.17) is 5.73 Å². The van der Waals surface area contributed by atoms with Gasteiger partial charge in [-0.3, -0.25) is 4.90 Å². The van der Waals surface area contributed by atoms with E-state index in [1.807, 2.05) is 11.8 Å². The van der Waals surface area contributed by atoms with Gasteiger partial charge >= 0.3 is 0 Å². The second-order valence-electron chi connectivity index (χ2n) is 5.85. The fourth-order valence-electron chi connectivity index (χ4n) is 2.61. The summed E-state index contributed by atoms with van der Waals surface area (Å²) in [4.78, 5) is 2.25. The summed E-state index contributed by atoms with van der Waals surface area (Å²) in [6.45, 7) is 6.64. The third-order valence-corrected chi connectivity index (χ3v) is 5.18. The fraction of sp³-hybridized carbons (Fsp3) is 0.600. The van der Waals surface area contributed by atoms with Crippen LogP contribution in [-0.2, 0) is 0 Å². The van der Waals surface area contributed by atoms with Gasteiger partial charge in [-0.1, -0.05) is 13.8 Å². The van der Waals surface area contributed by atoms with Crippen LogP contribution in [0.15, 0.2) is 18.2 Å². The zero-order chi connectivity index (χ0) is 14.8. The largest absolute Gasteiger partial charge is 0.329 e. The predicted molar refractivity (Wildman–Crippen MR) is 80.9 cm³/mol. The number of benzene rings is 1. The molecular formula is C15H22F2N2S. The van der Waals surface area contributed by atoms with E-state index in [9.17, 15) is 8.78 Å². The lowest BCUT2D eigenvalue weighted by molar-refractivity contribution is 0.210. The molecule has 0 spiro atoms. The fourth-order valence-corrected chi connectivity index (χ4v) is 3.73. The van der Waals surface area contributed by atoms with Crippen LogP contribution < -0.4 is 5.73 Å². The molecule has 1 aromatic rings. The van der Waals surface area contributed by atoms with Crippen molar-refractivity contribution in [1.29, 1.82) is 0 Å². The van der Waals surface area contributed by atoms with E-state index in [1.54, 1.807) is 0 Å². The van der Waals surface area contributed by atoms with Crippen LogP contribution in [0.1, 0.15) is 31.9 Å². The minimum absolute atomic E-state index is 0.116. The highest BCUT2D eigenvalue weighted by Crippen LogP contribution is 2.33. The molecule has 1 heterocycles. The predicted octanol–water partition coefficient (Wildman–Crippen LogP) is 3.18. The number of halogens is 2. The third-order valence-electron chi connectivity index (χ3n) is 3.81. The Balaban J connectivity index is 2.19. The summed E-state index contributed by atoms with van der Waals surface area (Å²) >= 11 is 1.94. The van der Waals surface area contributed by atoms with Gasteiger partial charge in [0.05, 0.1) is 0 Å². The topological polar surface area (TPSA) is 29.3 Å². The van der Waals surface area contributed by atoms with Crippen LogP contribution in [0, 0.1) is 11.6 Å². The molecule has 20 heavy (non-hydrogen) atoms. The maximum absolute atomic E-state index is 13.4. The van der Waals surface area contributed by atoms with Crippen LogP contribution in [0.4, 0.5) is 8.78 Å². The highest BCUT2D eigenvalue weighted by atomic mass is 32.2. The maximum Gasteiger partial charge on any atom is 0.126 e. The molecule has 0 radical (unpaired) electrons. The first-order valence-corrected chi connectivity index (χ1v) is 7.94. The summed E-state index contributed by atoms with van der Waals surface area (Å²) < 4.78 is 27.0. The average molecular weight is 300 g/mol. The number of nitrogens with two attached hydrogens (primary N) is 1. The van der Waals surface area contributed by atoms with Crippen molar-refractivity contribution < 1.29 is 8.78 Å². The Morgan fingerprint density at radius 1 is 1.25 bits per heavy atom. The Hall–Kier alpha value is -0.650. The molecule has 0 saturated carbocycles. The molecule has 2 rings (SSSR count). The molecule has 1 aliphatic heterocycles. The minimum atomic E-state index is -0.539. The SMILES string of the molecule is CC1(C)CCN(C(CN)c2cc(F)cc(F)c2)CCS1. The summed E-state index contributed by atoms with van der Waals surface area (Å²) in [5.41, 5.74) is 6.50. The maximum atomic E-state index is 13.4. The first-order valence-electron chi connectivity index (χ1n) is 6.95. The lowest BCUT2D eigenvalue weighted by Gasteiger charge is -2.30. The second kappa shape index (κ2) is 6.41. The van der Waals surface area contributed by atoms with Crippen LogP contribution >= 0.6 is 11.8 Å². The highest BCUT2D eigenvalue weighted by molar-refractivity contribution is 8.00. The third kappa shape index (κ3) is 3.93. The van der Waals surface area contributed by atoms with E-state index in [-0.39, 0.29) is 10.8 Å². The lowest BCUT2D eigenvalue weighted by Crippen LogP contribution is -2.36. The Bertz CT molecular complexity index is 445. The number of nitrogens with zero attached hydrogens (tertiary/aromatic N) is 1. The van der Waals surface area contributed by atoms with Crippen molar-refractivity contribution in [2.24, 2.45) is 5.73 Å². The summed E-state index contributed by atoms with van der Waals surface area (Å²) in [5, 5.41) is 0. The van der Waals surface area contributed by atoms with E-state index in [2.05, 4.69) is 18.7 Å². The Morgan fingerprint density at radius 3 is 2.50 bits per heavy atom. The van der Waals surface area contributed by atoms with Crippen LogP contribution in [-0.4, -0.2) is 35.0 Å². The highest BCUT2D eigenvalue weighted by Gasteiger charge is 2.28. The normalized spacial score (nSPS) is 21.4. The van der Waals surface area contributed by atoms with E-state index >= 15 is 0 Å². The van der Waals surface area contributed by atoms with Crippen molar-refractivity contribution in [1.82, 2.24) is 4.90 Å². The summed E-state index contributed by atoms with van der Waals surface area (Å²) in [6.07, 6.45) is 1.05. The van der Waals surface area contributed by atoms with Crippen molar-refractivity contribution in [3.8, 4) is 0 Å². The summed E-state index contributed by atoms with van der Waals surface area (Å²) in [7, 11) is 0. The number of hydrogen-bond donors (Lipinski definition) is 1. The van der Waals surface area contributed by atoms with E-state index in [1.165, 1.54) is 12.1 Å². The molecule has 2 nitrogen and oxygen atoms in total. The van der Waals surface area contributed by atoms with Crippen molar-refractivity contribution in [3.05, 3.63) is 35.4 Å². The van der Waals surface area contributed by atoms with Gasteiger partial charge in [0.15, 0.2) is 0 Å². The molecule has 0 bridgehead atoms. The monoisotopic (exact) mass is 300 g/mol. The van der Waals surface area contributed by atoms with E-state index in [0.29, 0.717) is 12.1 Å². The smallest absolute Gasteiger partial charge is 0.126 e. The molecule has 1 atom stereocenters. The molecule has 5 heteroatoms. The van der Waals surface area contributed by atoms with E-state index in [0.717, 1.165) is 31.3 Å². The van der Waals surface area contributed by atoms with Crippen molar-refractivity contribution in [2.45, 2.75) is 31.1 Å². The Labute approximate surface area is 123 Å². The molecule has 0 aliphatic carbocycles. The van der Waals surface area contributed by atoms with Gasteiger partial charge in [-0.15, -0.1) is 0 Å². The Kier molecular flexibility index (Phi) is 5.04. The molecule has 2 N–H and O–H groups in total. The Morgan fingerprint density at radius 2 is 1.90 bits per heavy atom. The molecule has 0 amide bonds. The van der Waals surface area contributed by atoms with Gasteiger partial charge in [0.2, 0.25) is 0 Å². The first-order chi connectivity index (χ1) is 9.41. The van der Waals surface area contributed by atoms with Crippen molar-refractivity contribution in [3.63, 3.8) is 0 Å². The minimum Gasteiger partial charge on any atom is -0.329 e. The second-order valence-corrected chi connectivity index (χ2v) is 7.65. The van der Waals surface area contributed by atoms with Crippen LogP contribution in [0.25, 0.3) is 0 Å². The van der Waals surface area contributed by atoms with Gasteiger partial charge in [-0.05, 0) is 24.1 Å². The molecule has 1 aliphatic rings. The number of thioether (sulfide) groups is 1. The summed E-state index contributed by atoms with van der Waals surface area (Å²) in [5.74, 6) is -0.0626. The van der Waals surface area contributed by atoms with Gasteiger partial charge < -0.3 is 5.73 Å². The van der Waals surface area contributed by atoms with Crippen LogP contribution in [0.5, 0.6) is 0 Å². The molecule has 0 aromatic heterocycles. The summed E-state index contributed by atoms with van der Waals surface area (Å²) in [6, 6.07) is 3.57. The zero-order valence-corrected chi connectivity index (χ0v) is 12.9. The quantitative estimate of drug-likeness (QED) is 0.929. The first kappa shape index (κ1) is 15.7.